The number of aromatic hydroxyl groups is 1. The maximum Gasteiger partial charge on any atom is 0.254 e. The summed E-state index contributed by atoms with van der Waals surface area (Å²) in [6, 6.07) is 4.34. The zero-order valence-corrected chi connectivity index (χ0v) is 10.2. The summed E-state index contributed by atoms with van der Waals surface area (Å²) in [5.41, 5.74) is -0.318. The number of aliphatic hydroxyl groups is 1. The standard InChI is InChI=1S/C12H14ClNO3/c1-2-12(17)6-14(7-12)11(16)8-3-4-10(15)9(13)5-8/h3-5,15,17H,2,6-7H2,1H3. The van der Waals surface area contributed by atoms with E-state index >= 15 is 0 Å². The molecule has 0 radical (unpaired) electrons. The van der Waals surface area contributed by atoms with Crippen LogP contribution in [0.15, 0.2) is 18.2 Å². The van der Waals surface area contributed by atoms with E-state index in [0.717, 1.165) is 0 Å². The fourth-order valence-electron chi connectivity index (χ4n) is 1.85. The van der Waals surface area contributed by atoms with Crippen LogP contribution in [0.1, 0.15) is 23.7 Å². The molecule has 1 amide bonds. The molecular weight excluding hydrogens is 242 g/mol. The predicted octanol–water partition coefficient (Wildman–Crippen LogP) is 1.64. The molecular formula is C12H14ClNO3. The van der Waals surface area contributed by atoms with Crippen LogP contribution in [0.25, 0.3) is 0 Å². The number of rotatable bonds is 2. The van der Waals surface area contributed by atoms with Crippen molar-refractivity contribution in [2.75, 3.05) is 13.1 Å². The first-order chi connectivity index (χ1) is 7.95. The van der Waals surface area contributed by atoms with Crippen LogP contribution >= 0.6 is 11.6 Å². The first kappa shape index (κ1) is 12.2. The van der Waals surface area contributed by atoms with Crippen LogP contribution in [-0.2, 0) is 0 Å². The number of phenols is 1. The normalized spacial score (nSPS) is 17.7. The minimum absolute atomic E-state index is 0.0445. The van der Waals surface area contributed by atoms with Crippen molar-refractivity contribution < 1.29 is 15.0 Å². The molecule has 0 aliphatic carbocycles. The molecule has 1 aliphatic heterocycles. The summed E-state index contributed by atoms with van der Waals surface area (Å²) in [7, 11) is 0. The van der Waals surface area contributed by atoms with Gasteiger partial charge in [-0.05, 0) is 24.6 Å². The maximum atomic E-state index is 12.0. The van der Waals surface area contributed by atoms with Gasteiger partial charge in [0.05, 0.1) is 23.7 Å². The summed E-state index contributed by atoms with van der Waals surface area (Å²) in [4.78, 5) is 13.5. The summed E-state index contributed by atoms with van der Waals surface area (Å²) >= 11 is 5.74. The Morgan fingerprint density at radius 2 is 2.18 bits per heavy atom. The minimum atomic E-state index is -0.740. The SMILES string of the molecule is CCC1(O)CN(C(=O)c2ccc(O)c(Cl)c2)C1. The lowest BCUT2D eigenvalue weighted by Gasteiger charge is -2.46. The van der Waals surface area contributed by atoms with Crippen LogP contribution in [0.5, 0.6) is 5.75 Å². The van der Waals surface area contributed by atoms with Crippen molar-refractivity contribution in [3.63, 3.8) is 0 Å². The number of phenolic OH excluding ortho intramolecular Hbond substituents is 1. The largest absolute Gasteiger partial charge is 0.506 e. The van der Waals surface area contributed by atoms with Gasteiger partial charge in [-0.1, -0.05) is 18.5 Å². The van der Waals surface area contributed by atoms with Crippen molar-refractivity contribution in [1.29, 1.82) is 0 Å². The van der Waals surface area contributed by atoms with E-state index in [1.54, 1.807) is 4.90 Å². The minimum Gasteiger partial charge on any atom is -0.506 e. The van der Waals surface area contributed by atoms with Gasteiger partial charge in [0, 0.05) is 5.56 Å². The van der Waals surface area contributed by atoms with E-state index in [2.05, 4.69) is 0 Å². The molecule has 2 N–H and O–H groups in total. The number of carbonyl (C=O) groups excluding carboxylic acids is 1. The number of halogens is 1. The molecule has 1 fully saturated rings. The molecule has 5 heteroatoms. The van der Waals surface area contributed by atoms with Gasteiger partial charge in [0.1, 0.15) is 5.75 Å². The second kappa shape index (κ2) is 4.20. The van der Waals surface area contributed by atoms with Crippen molar-refractivity contribution in [3.8, 4) is 5.75 Å². The topological polar surface area (TPSA) is 60.8 Å². The van der Waals surface area contributed by atoms with Crippen LogP contribution < -0.4 is 0 Å². The Morgan fingerprint density at radius 1 is 1.53 bits per heavy atom. The highest BCUT2D eigenvalue weighted by Crippen LogP contribution is 2.28. The molecule has 0 aromatic heterocycles. The van der Waals surface area contributed by atoms with E-state index in [1.165, 1.54) is 18.2 Å². The van der Waals surface area contributed by atoms with Gasteiger partial charge in [0.15, 0.2) is 0 Å². The van der Waals surface area contributed by atoms with E-state index in [-0.39, 0.29) is 16.7 Å². The Kier molecular flexibility index (Phi) is 3.02. The first-order valence-corrected chi connectivity index (χ1v) is 5.83. The Balaban J connectivity index is 2.09. The van der Waals surface area contributed by atoms with Crippen molar-refractivity contribution in [2.45, 2.75) is 18.9 Å². The third-order valence-electron chi connectivity index (χ3n) is 3.11. The molecule has 0 unspecified atom stereocenters. The zero-order valence-electron chi connectivity index (χ0n) is 9.48. The summed E-state index contributed by atoms with van der Waals surface area (Å²) in [6.07, 6.45) is 0.632. The van der Waals surface area contributed by atoms with Gasteiger partial charge in [0.2, 0.25) is 0 Å². The van der Waals surface area contributed by atoms with Gasteiger partial charge < -0.3 is 15.1 Å². The van der Waals surface area contributed by atoms with Crippen LogP contribution in [0.3, 0.4) is 0 Å². The number of β-amino-alcohol motifs (C(OH)–C–C–N with tert-alkyl or cyclic N) is 1. The van der Waals surface area contributed by atoms with Crippen molar-refractivity contribution >= 4 is 17.5 Å². The van der Waals surface area contributed by atoms with Gasteiger partial charge >= 0.3 is 0 Å². The molecule has 1 heterocycles. The quantitative estimate of drug-likeness (QED) is 0.845. The number of hydrogen-bond acceptors (Lipinski definition) is 3. The summed E-state index contributed by atoms with van der Waals surface area (Å²) < 4.78 is 0. The van der Waals surface area contributed by atoms with Crippen LogP contribution in [0.4, 0.5) is 0 Å². The van der Waals surface area contributed by atoms with Gasteiger partial charge in [-0.15, -0.1) is 0 Å². The zero-order chi connectivity index (χ0) is 12.6. The van der Waals surface area contributed by atoms with E-state index in [9.17, 15) is 15.0 Å². The van der Waals surface area contributed by atoms with Gasteiger partial charge in [0.25, 0.3) is 5.91 Å². The summed E-state index contributed by atoms with van der Waals surface area (Å²) in [5.74, 6) is -0.220. The third kappa shape index (κ3) is 2.23. The van der Waals surface area contributed by atoms with Crippen LogP contribution in [0, 0.1) is 0 Å². The van der Waals surface area contributed by atoms with Crippen LogP contribution in [-0.4, -0.2) is 39.7 Å². The highest BCUT2D eigenvalue weighted by Gasteiger charge is 2.42. The maximum absolute atomic E-state index is 12.0. The lowest BCUT2D eigenvalue weighted by atomic mass is 9.90. The van der Waals surface area contributed by atoms with Crippen LogP contribution in [0.2, 0.25) is 5.02 Å². The lowest BCUT2D eigenvalue weighted by molar-refractivity contribution is -0.0826. The molecule has 92 valence electrons. The van der Waals surface area contributed by atoms with Crippen molar-refractivity contribution in [1.82, 2.24) is 4.90 Å². The van der Waals surface area contributed by atoms with Crippen molar-refractivity contribution in [2.24, 2.45) is 0 Å². The molecule has 1 aliphatic rings. The molecule has 4 nitrogen and oxygen atoms in total. The lowest BCUT2D eigenvalue weighted by Crippen LogP contribution is -2.63. The molecule has 0 spiro atoms. The second-order valence-electron chi connectivity index (χ2n) is 4.41. The number of amides is 1. The number of hydrogen-bond donors (Lipinski definition) is 2. The third-order valence-corrected chi connectivity index (χ3v) is 3.41. The first-order valence-electron chi connectivity index (χ1n) is 5.45. The predicted molar refractivity (Wildman–Crippen MR) is 64.3 cm³/mol. The highest BCUT2D eigenvalue weighted by atomic mass is 35.5. The fraction of sp³-hybridized carbons (Fsp3) is 0.417. The molecule has 1 aromatic rings. The summed E-state index contributed by atoms with van der Waals surface area (Å²) in [5, 5.41) is 19.2. The Bertz CT molecular complexity index is 455. The Hall–Kier alpha value is -1.26. The number of carbonyl (C=O) groups is 1. The molecule has 2 rings (SSSR count). The Morgan fingerprint density at radius 3 is 2.71 bits per heavy atom. The summed E-state index contributed by atoms with van der Waals surface area (Å²) in [6.45, 7) is 2.58. The van der Waals surface area contributed by atoms with Gasteiger partial charge in [-0.3, -0.25) is 4.79 Å². The van der Waals surface area contributed by atoms with Crippen molar-refractivity contribution in [3.05, 3.63) is 28.8 Å². The van der Waals surface area contributed by atoms with Gasteiger partial charge in [-0.2, -0.15) is 0 Å². The smallest absolute Gasteiger partial charge is 0.254 e. The van der Waals surface area contributed by atoms with Gasteiger partial charge in [-0.25, -0.2) is 0 Å². The van der Waals surface area contributed by atoms with E-state index in [1.807, 2.05) is 6.92 Å². The number of nitrogens with zero attached hydrogens (tertiary/aromatic N) is 1. The molecule has 17 heavy (non-hydrogen) atoms. The molecule has 0 atom stereocenters. The molecule has 0 saturated carbocycles. The van der Waals surface area contributed by atoms with E-state index in [4.69, 9.17) is 11.6 Å². The highest BCUT2D eigenvalue weighted by molar-refractivity contribution is 6.32. The average Bonchev–Trinajstić information content (AvgIpc) is 2.27. The van der Waals surface area contributed by atoms with E-state index in [0.29, 0.717) is 25.1 Å². The average molecular weight is 256 g/mol. The molecule has 0 bridgehead atoms. The number of likely N-dealkylation sites (tertiary alicyclic amines) is 1. The molecule has 1 saturated heterocycles. The number of benzene rings is 1. The molecule has 1 aromatic carbocycles. The fourth-order valence-corrected chi connectivity index (χ4v) is 2.03. The monoisotopic (exact) mass is 255 g/mol. The Labute approximate surface area is 104 Å². The second-order valence-corrected chi connectivity index (χ2v) is 4.81. The van der Waals surface area contributed by atoms with E-state index < -0.39 is 5.60 Å².